The average molecular weight is 466 g/mol. The molecule has 0 fully saturated rings. The van der Waals surface area contributed by atoms with E-state index in [1.165, 1.54) is 24.3 Å². The van der Waals surface area contributed by atoms with Crippen LogP contribution in [0.5, 0.6) is 5.75 Å². The van der Waals surface area contributed by atoms with E-state index in [4.69, 9.17) is 16.3 Å². The van der Waals surface area contributed by atoms with Crippen LogP contribution in [0.1, 0.15) is 30.3 Å². The first-order valence-electron chi connectivity index (χ1n) is 9.66. The summed E-state index contributed by atoms with van der Waals surface area (Å²) in [7, 11) is 0. The Bertz CT molecular complexity index is 1070. The second-order valence-corrected chi connectivity index (χ2v) is 7.20. The van der Waals surface area contributed by atoms with E-state index in [0.717, 1.165) is 29.9 Å². The molecular weight excluding hydrogens is 444 g/mol. The smallest absolute Gasteiger partial charge is 0.387 e. The number of nitriles is 1. The van der Waals surface area contributed by atoms with Crippen molar-refractivity contribution in [3.8, 4) is 11.8 Å². The zero-order valence-corrected chi connectivity index (χ0v) is 18.5. The van der Waals surface area contributed by atoms with E-state index in [1.54, 1.807) is 6.07 Å². The Labute approximate surface area is 189 Å². The Balaban J connectivity index is 2.01. The Morgan fingerprint density at radius 3 is 2.62 bits per heavy atom. The molecule has 0 bridgehead atoms. The molecule has 0 spiro atoms. The van der Waals surface area contributed by atoms with Gasteiger partial charge >= 0.3 is 12.6 Å². The van der Waals surface area contributed by atoms with Gasteiger partial charge in [-0.25, -0.2) is 4.79 Å². The molecule has 32 heavy (non-hydrogen) atoms. The number of benzene rings is 1. The topological polar surface area (TPSA) is 93.4 Å². The summed E-state index contributed by atoms with van der Waals surface area (Å²) in [6, 6.07) is 7.35. The lowest BCUT2D eigenvalue weighted by Crippen LogP contribution is -2.21. The van der Waals surface area contributed by atoms with Gasteiger partial charge in [0.15, 0.2) is 6.61 Å². The van der Waals surface area contributed by atoms with Gasteiger partial charge in [0, 0.05) is 23.6 Å². The number of ether oxygens (including phenoxy) is 2. The molecule has 1 aromatic carbocycles. The highest BCUT2D eigenvalue weighted by Crippen LogP contribution is 2.29. The van der Waals surface area contributed by atoms with E-state index in [1.807, 2.05) is 19.9 Å². The van der Waals surface area contributed by atoms with Gasteiger partial charge in [0.2, 0.25) is 0 Å². The average Bonchev–Trinajstić information content (AvgIpc) is 2.99. The Morgan fingerprint density at radius 1 is 1.31 bits per heavy atom. The molecule has 0 saturated carbocycles. The van der Waals surface area contributed by atoms with Crippen molar-refractivity contribution in [3.63, 3.8) is 0 Å². The summed E-state index contributed by atoms with van der Waals surface area (Å²) in [5.41, 5.74) is 2.58. The van der Waals surface area contributed by atoms with Crippen molar-refractivity contribution in [2.75, 3.05) is 11.9 Å². The fourth-order valence-corrected chi connectivity index (χ4v) is 3.24. The van der Waals surface area contributed by atoms with E-state index in [9.17, 15) is 23.6 Å². The largest absolute Gasteiger partial charge is 0.451 e. The van der Waals surface area contributed by atoms with Crippen LogP contribution in [-0.4, -0.2) is 29.7 Å². The lowest BCUT2D eigenvalue weighted by atomic mass is 10.1. The fourth-order valence-electron chi connectivity index (χ4n) is 3.01. The van der Waals surface area contributed by atoms with Crippen LogP contribution in [0.2, 0.25) is 5.02 Å². The molecular formula is C22H22ClF2N3O4. The quantitative estimate of drug-likeness (QED) is 0.324. The molecule has 2 aromatic rings. The molecule has 10 heteroatoms. The van der Waals surface area contributed by atoms with Crippen LogP contribution < -0.4 is 10.1 Å². The van der Waals surface area contributed by atoms with E-state index in [0.29, 0.717) is 0 Å². The number of aryl methyl sites for hydroxylation is 1. The SMILES string of the molecule is CCCn1c(C)cc(/C=C(\C#N)C(=O)OCC(=O)Nc2ccc(OC(F)F)c(Cl)c2)c1C. The molecule has 0 aliphatic heterocycles. The lowest BCUT2D eigenvalue weighted by molar-refractivity contribution is -0.142. The Hall–Kier alpha value is -3.38. The first-order valence-corrected chi connectivity index (χ1v) is 10.0. The second kappa shape index (κ2) is 11.3. The number of aromatic nitrogens is 1. The molecule has 0 radical (unpaired) electrons. The maximum atomic E-state index is 12.3. The predicted molar refractivity (Wildman–Crippen MR) is 115 cm³/mol. The highest BCUT2D eigenvalue weighted by molar-refractivity contribution is 6.32. The number of amides is 1. The number of rotatable bonds is 9. The zero-order chi connectivity index (χ0) is 23.8. The number of hydrogen-bond donors (Lipinski definition) is 1. The van der Waals surface area contributed by atoms with E-state index < -0.39 is 25.1 Å². The standard InChI is InChI=1S/C22H22ClF2N3O4/c1-4-7-28-13(2)8-15(14(28)3)9-16(11-26)21(30)31-12-20(29)27-17-5-6-19(18(23)10-17)32-22(24)25/h5-6,8-10,22H,4,7,12H2,1-3H3,(H,27,29)/b16-9+. The van der Waals surface area contributed by atoms with Crippen molar-refractivity contribution in [2.24, 2.45) is 0 Å². The molecule has 0 aliphatic carbocycles. The fraction of sp³-hybridized carbons (Fsp3) is 0.318. The molecule has 0 unspecified atom stereocenters. The minimum Gasteiger partial charge on any atom is -0.451 e. The summed E-state index contributed by atoms with van der Waals surface area (Å²) >= 11 is 5.83. The van der Waals surface area contributed by atoms with Crippen LogP contribution in [0, 0.1) is 25.2 Å². The number of esters is 1. The molecule has 7 nitrogen and oxygen atoms in total. The maximum Gasteiger partial charge on any atom is 0.387 e. The first kappa shape index (κ1) is 24.9. The second-order valence-electron chi connectivity index (χ2n) is 6.80. The summed E-state index contributed by atoms with van der Waals surface area (Å²) in [5, 5.41) is 11.6. The third-order valence-corrected chi connectivity index (χ3v) is 4.76. The van der Waals surface area contributed by atoms with Gasteiger partial charge in [-0.3, -0.25) is 4.79 Å². The van der Waals surface area contributed by atoms with Gasteiger partial charge in [-0.15, -0.1) is 0 Å². The van der Waals surface area contributed by atoms with Gasteiger partial charge in [0.25, 0.3) is 5.91 Å². The normalized spacial score (nSPS) is 11.2. The zero-order valence-electron chi connectivity index (χ0n) is 17.7. The number of nitrogens with zero attached hydrogens (tertiary/aromatic N) is 2. The number of alkyl halides is 2. The van der Waals surface area contributed by atoms with E-state index in [-0.39, 0.29) is 22.0 Å². The van der Waals surface area contributed by atoms with Gasteiger partial charge in [-0.1, -0.05) is 18.5 Å². The molecule has 1 amide bonds. The highest BCUT2D eigenvalue weighted by atomic mass is 35.5. The Kier molecular flexibility index (Phi) is 8.79. The number of carbonyl (C=O) groups excluding carboxylic acids is 2. The van der Waals surface area contributed by atoms with Gasteiger partial charge in [-0.05, 0) is 56.2 Å². The van der Waals surface area contributed by atoms with Crippen molar-refractivity contribution >= 4 is 35.2 Å². The van der Waals surface area contributed by atoms with Gasteiger partial charge in [0.1, 0.15) is 17.4 Å². The first-order chi connectivity index (χ1) is 15.2. The van der Waals surface area contributed by atoms with E-state index in [2.05, 4.69) is 21.5 Å². The summed E-state index contributed by atoms with van der Waals surface area (Å²) in [5.74, 6) is -1.88. The predicted octanol–water partition coefficient (Wildman–Crippen LogP) is 4.86. The minimum absolute atomic E-state index is 0.129. The molecule has 0 atom stereocenters. The summed E-state index contributed by atoms with van der Waals surface area (Å²) in [6.45, 7) is 3.01. The van der Waals surface area contributed by atoms with Crippen molar-refractivity contribution in [1.29, 1.82) is 5.26 Å². The summed E-state index contributed by atoms with van der Waals surface area (Å²) in [4.78, 5) is 24.3. The molecule has 1 N–H and O–H groups in total. The molecule has 1 heterocycles. The van der Waals surface area contributed by atoms with Crippen molar-refractivity contribution in [3.05, 3.63) is 51.8 Å². The Morgan fingerprint density at radius 2 is 2.03 bits per heavy atom. The van der Waals surface area contributed by atoms with E-state index >= 15 is 0 Å². The van der Waals surface area contributed by atoms with Gasteiger partial charge in [0.05, 0.1) is 5.02 Å². The van der Waals surface area contributed by atoms with Crippen LogP contribution in [-0.2, 0) is 20.9 Å². The molecule has 0 aliphatic rings. The maximum absolute atomic E-state index is 12.3. The molecule has 1 aromatic heterocycles. The van der Waals surface area contributed by atoms with Crippen LogP contribution in [0.25, 0.3) is 6.08 Å². The number of nitrogens with one attached hydrogen (secondary N) is 1. The van der Waals surface area contributed by atoms with Gasteiger partial charge in [-0.2, -0.15) is 14.0 Å². The number of anilines is 1. The summed E-state index contributed by atoms with van der Waals surface area (Å²) in [6.07, 6.45) is 2.37. The van der Waals surface area contributed by atoms with Crippen LogP contribution in [0.3, 0.4) is 0 Å². The van der Waals surface area contributed by atoms with Crippen LogP contribution in [0.4, 0.5) is 14.5 Å². The number of hydrogen-bond acceptors (Lipinski definition) is 5. The van der Waals surface area contributed by atoms with Gasteiger partial charge < -0.3 is 19.4 Å². The highest BCUT2D eigenvalue weighted by Gasteiger charge is 2.16. The number of halogens is 3. The monoisotopic (exact) mass is 465 g/mol. The minimum atomic E-state index is -3.03. The number of carbonyl (C=O) groups is 2. The van der Waals surface area contributed by atoms with Crippen molar-refractivity contribution < 1.29 is 27.8 Å². The molecule has 170 valence electrons. The molecule has 2 rings (SSSR count). The van der Waals surface area contributed by atoms with Crippen molar-refractivity contribution in [1.82, 2.24) is 4.57 Å². The third-order valence-electron chi connectivity index (χ3n) is 4.47. The van der Waals surface area contributed by atoms with Crippen molar-refractivity contribution in [2.45, 2.75) is 40.3 Å². The van der Waals surface area contributed by atoms with Crippen LogP contribution >= 0.6 is 11.6 Å². The molecule has 0 saturated heterocycles. The lowest BCUT2D eigenvalue weighted by Gasteiger charge is -2.10. The van der Waals surface area contributed by atoms with Crippen LogP contribution in [0.15, 0.2) is 29.8 Å². The third kappa shape index (κ3) is 6.56. The summed E-state index contributed by atoms with van der Waals surface area (Å²) < 4.78 is 35.8.